The van der Waals surface area contributed by atoms with Crippen molar-refractivity contribution in [2.45, 2.75) is 12.2 Å². The molecule has 0 amide bonds. The third kappa shape index (κ3) is 6.07. The van der Waals surface area contributed by atoms with Gasteiger partial charge in [0.2, 0.25) is 0 Å². The molecule has 7 heteroatoms. The van der Waals surface area contributed by atoms with E-state index in [4.69, 9.17) is 14.2 Å². The molecule has 148 valence electrons. The number of rotatable bonds is 7. The molecule has 0 aromatic heterocycles. The molecule has 5 nitrogen and oxygen atoms in total. The molecule has 0 aliphatic carbocycles. The summed E-state index contributed by atoms with van der Waals surface area (Å²) in [5.74, 6) is 0.972. The number of benzene rings is 2. The fraction of sp³-hybridized carbons (Fsp3) is 0.400. The topological polar surface area (TPSA) is 51.2 Å². The Hall–Kier alpha value is -1.86. The summed E-state index contributed by atoms with van der Waals surface area (Å²) in [6, 6.07) is 13.8. The highest BCUT2D eigenvalue weighted by atomic mass is 35.5. The minimum atomic E-state index is -0.647. The van der Waals surface area contributed by atoms with Gasteiger partial charge in [-0.3, -0.25) is 4.90 Å². The van der Waals surface area contributed by atoms with Crippen LogP contribution < -0.4 is 9.47 Å². The van der Waals surface area contributed by atoms with Crippen molar-refractivity contribution >= 4 is 12.4 Å². The normalized spacial score (nSPS) is 18.4. The van der Waals surface area contributed by atoms with Gasteiger partial charge in [-0.25, -0.2) is 4.39 Å². The van der Waals surface area contributed by atoms with E-state index in [1.165, 1.54) is 12.1 Å². The van der Waals surface area contributed by atoms with Crippen LogP contribution in [-0.2, 0) is 4.74 Å². The third-order valence-corrected chi connectivity index (χ3v) is 4.34. The van der Waals surface area contributed by atoms with Gasteiger partial charge in [0.15, 0.2) is 11.5 Å². The van der Waals surface area contributed by atoms with Gasteiger partial charge in [0.1, 0.15) is 18.5 Å². The first kappa shape index (κ1) is 21.4. The maximum absolute atomic E-state index is 13.4. The van der Waals surface area contributed by atoms with Gasteiger partial charge in [-0.1, -0.05) is 24.3 Å². The molecule has 0 spiro atoms. The van der Waals surface area contributed by atoms with Gasteiger partial charge >= 0.3 is 0 Å². The van der Waals surface area contributed by atoms with Crippen LogP contribution in [-0.4, -0.2) is 56.1 Å². The molecule has 3 rings (SSSR count). The van der Waals surface area contributed by atoms with Crippen LogP contribution in [0.1, 0.15) is 11.7 Å². The Morgan fingerprint density at radius 3 is 2.74 bits per heavy atom. The smallest absolute Gasteiger partial charge is 0.161 e. The van der Waals surface area contributed by atoms with Crippen LogP contribution in [0.5, 0.6) is 11.5 Å². The number of morpholine rings is 1. The first-order valence-electron chi connectivity index (χ1n) is 8.69. The van der Waals surface area contributed by atoms with E-state index >= 15 is 0 Å². The Labute approximate surface area is 165 Å². The van der Waals surface area contributed by atoms with E-state index in [2.05, 4.69) is 4.90 Å². The van der Waals surface area contributed by atoms with Crippen molar-refractivity contribution in [2.24, 2.45) is 0 Å². The third-order valence-electron chi connectivity index (χ3n) is 4.34. The lowest BCUT2D eigenvalue weighted by Gasteiger charge is -2.34. The highest BCUT2D eigenvalue weighted by molar-refractivity contribution is 5.85. The standard InChI is InChI=1S/C20H24FNO4.ClH/c1-24-18-7-2-3-8-19(18)26-14-17(23)12-22-9-10-25-20(13-22)15-5-4-6-16(21)11-15;/h2-8,11,17,20,23H,9-10,12-14H2,1H3;1H. The lowest BCUT2D eigenvalue weighted by atomic mass is 10.1. The largest absolute Gasteiger partial charge is 0.493 e. The Kier molecular flexibility index (Phi) is 8.31. The average Bonchev–Trinajstić information content (AvgIpc) is 2.67. The maximum atomic E-state index is 13.4. The zero-order valence-electron chi connectivity index (χ0n) is 15.2. The zero-order valence-corrected chi connectivity index (χ0v) is 16.0. The number of aliphatic hydroxyl groups is 1. The van der Waals surface area contributed by atoms with Crippen LogP contribution in [0.2, 0.25) is 0 Å². The summed E-state index contributed by atoms with van der Waals surface area (Å²) in [5.41, 5.74) is 0.814. The second-order valence-electron chi connectivity index (χ2n) is 6.29. The van der Waals surface area contributed by atoms with Gasteiger partial charge in [0, 0.05) is 19.6 Å². The van der Waals surface area contributed by atoms with Crippen molar-refractivity contribution in [3.63, 3.8) is 0 Å². The van der Waals surface area contributed by atoms with Crippen LogP contribution in [0.25, 0.3) is 0 Å². The lowest BCUT2D eigenvalue weighted by Crippen LogP contribution is -2.43. The fourth-order valence-electron chi connectivity index (χ4n) is 3.05. The summed E-state index contributed by atoms with van der Waals surface area (Å²) >= 11 is 0. The Morgan fingerprint density at radius 2 is 2.00 bits per heavy atom. The number of aliphatic hydroxyl groups excluding tert-OH is 1. The van der Waals surface area contributed by atoms with Gasteiger partial charge in [-0.05, 0) is 29.8 Å². The van der Waals surface area contributed by atoms with Crippen molar-refractivity contribution in [2.75, 3.05) is 40.0 Å². The molecule has 27 heavy (non-hydrogen) atoms. The van der Waals surface area contributed by atoms with Crippen LogP contribution in [0.15, 0.2) is 48.5 Å². The van der Waals surface area contributed by atoms with Gasteiger partial charge in [0.05, 0.1) is 19.8 Å². The number of ether oxygens (including phenoxy) is 3. The minimum absolute atomic E-state index is 0. The maximum Gasteiger partial charge on any atom is 0.161 e. The Bertz CT molecular complexity index is 718. The lowest BCUT2D eigenvalue weighted by molar-refractivity contribution is -0.0461. The Balaban J connectivity index is 0.00000261. The molecule has 1 heterocycles. The van der Waals surface area contributed by atoms with Crippen molar-refractivity contribution in [3.8, 4) is 11.5 Å². The van der Waals surface area contributed by atoms with Crippen molar-refractivity contribution in [3.05, 3.63) is 59.9 Å². The number of para-hydroxylation sites is 2. The molecular weight excluding hydrogens is 373 g/mol. The van der Waals surface area contributed by atoms with Crippen LogP contribution in [0, 0.1) is 5.82 Å². The van der Waals surface area contributed by atoms with Crippen molar-refractivity contribution < 1.29 is 23.7 Å². The second kappa shape index (κ2) is 10.5. The van der Waals surface area contributed by atoms with Crippen LogP contribution >= 0.6 is 12.4 Å². The highest BCUT2D eigenvalue weighted by Gasteiger charge is 2.24. The summed E-state index contributed by atoms with van der Waals surface area (Å²) in [6.07, 6.45) is -0.840. The second-order valence-corrected chi connectivity index (χ2v) is 6.29. The fourth-order valence-corrected chi connectivity index (χ4v) is 3.05. The first-order valence-corrected chi connectivity index (χ1v) is 8.69. The molecule has 1 aliphatic rings. The number of nitrogens with zero attached hydrogens (tertiary/aromatic N) is 1. The number of hydrogen-bond donors (Lipinski definition) is 1. The predicted octanol–water partition coefficient (Wildman–Crippen LogP) is 3.07. The van der Waals surface area contributed by atoms with Crippen molar-refractivity contribution in [1.29, 1.82) is 0 Å². The van der Waals surface area contributed by atoms with Crippen LogP contribution in [0.3, 0.4) is 0 Å². The SMILES string of the molecule is COc1ccccc1OCC(O)CN1CCOC(c2cccc(F)c2)C1.Cl. The van der Waals surface area contributed by atoms with Gasteiger partial charge in [-0.15, -0.1) is 12.4 Å². The van der Waals surface area contributed by atoms with E-state index in [0.717, 1.165) is 12.1 Å². The van der Waals surface area contributed by atoms with E-state index in [0.29, 0.717) is 31.2 Å². The molecule has 2 atom stereocenters. The van der Waals surface area contributed by atoms with E-state index in [1.54, 1.807) is 19.2 Å². The van der Waals surface area contributed by atoms with E-state index < -0.39 is 6.10 Å². The molecule has 2 aromatic carbocycles. The molecule has 1 saturated heterocycles. The van der Waals surface area contributed by atoms with Crippen LogP contribution in [0.4, 0.5) is 4.39 Å². The van der Waals surface area contributed by atoms with Gasteiger partial charge < -0.3 is 19.3 Å². The molecule has 2 aromatic rings. The van der Waals surface area contributed by atoms with E-state index in [9.17, 15) is 9.50 Å². The molecule has 1 N–H and O–H groups in total. The number of methoxy groups -OCH3 is 1. The minimum Gasteiger partial charge on any atom is -0.493 e. The molecule has 1 aliphatic heterocycles. The number of halogens is 2. The van der Waals surface area contributed by atoms with E-state index in [-0.39, 0.29) is 30.9 Å². The molecule has 0 saturated carbocycles. The zero-order chi connectivity index (χ0) is 18.4. The number of β-amino-alcohol motifs (C(OH)–C–C–N with tert-alkyl or cyclic N) is 1. The summed E-state index contributed by atoms with van der Waals surface area (Å²) in [7, 11) is 1.58. The highest BCUT2D eigenvalue weighted by Crippen LogP contribution is 2.26. The number of hydrogen-bond acceptors (Lipinski definition) is 5. The molecule has 2 unspecified atom stereocenters. The molecular formula is C20H25ClFNO4. The molecule has 0 radical (unpaired) electrons. The quantitative estimate of drug-likeness (QED) is 0.778. The van der Waals surface area contributed by atoms with Gasteiger partial charge in [0.25, 0.3) is 0 Å². The predicted molar refractivity (Wildman–Crippen MR) is 103 cm³/mol. The molecule has 0 bridgehead atoms. The average molecular weight is 398 g/mol. The summed E-state index contributed by atoms with van der Waals surface area (Å²) in [4.78, 5) is 2.11. The molecule has 1 fully saturated rings. The monoisotopic (exact) mass is 397 g/mol. The summed E-state index contributed by atoms with van der Waals surface area (Å²) in [6.45, 7) is 2.50. The summed E-state index contributed by atoms with van der Waals surface area (Å²) in [5, 5.41) is 10.3. The Morgan fingerprint density at radius 1 is 1.22 bits per heavy atom. The van der Waals surface area contributed by atoms with Gasteiger partial charge in [-0.2, -0.15) is 0 Å². The van der Waals surface area contributed by atoms with Crippen molar-refractivity contribution in [1.82, 2.24) is 4.90 Å². The summed E-state index contributed by atoms with van der Waals surface area (Å²) < 4.78 is 30.1. The van der Waals surface area contributed by atoms with E-state index in [1.807, 2.05) is 24.3 Å². The first-order chi connectivity index (χ1) is 12.7.